The predicted octanol–water partition coefficient (Wildman–Crippen LogP) is 1.29. The van der Waals surface area contributed by atoms with Gasteiger partial charge in [0, 0.05) is 17.8 Å². The van der Waals surface area contributed by atoms with Gasteiger partial charge in [0.05, 0.1) is 6.04 Å². The average Bonchev–Trinajstić information content (AvgIpc) is 3.02. The van der Waals surface area contributed by atoms with E-state index in [1.165, 1.54) is 6.33 Å². The average molecular weight is 317 g/mol. The zero-order valence-electron chi connectivity index (χ0n) is 13.0. The van der Waals surface area contributed by atoms with Crippen LogP contribution in [0.25, 0.3) is 0 Å². The number of anilines is 1. The summed E-state index contributed by atoms with van der Waals surface area (Å²) < 4.78 is 1.72. The van der Waals surface area contributed by atoms with E-state index in [1.807, 2.05) is 13.8 Å². The molecule has 23 heavy (non-hydrogen) atoms. The van der Waals surface area contributed by atoms with Gasteiger partial charge in [0.25, 0.3) is 5.91 Å². The second-order valence-corrected chi connectivity index (χ2v) is 4.96. The molecule has 8 heteroatoms. The summed E-state index contributed by atoms with van der Waals surface area (Å²) in [6, 6.07) is 6.38. The molecule has 0 aliphatic carbocycles. The van der Waals surface area contributed by atoms with Crippen LogP contribution in [0.5, 0.6) is 0 Å². The third-order valence-electron chi connectivity index (χ3n) is 3.25. The highest BCUT2D eigenvalue weighted by Crippen LogP contribution is 2.13. The molecule has 1 aromatic heterocycles. The Labute approximate surface area is 133 Å². The number of aromatic nitrogens is 3. The maximum Gasteiger partial charge on any atom is 0.322 e. The minimum Gasteiger partial charge on any atom is -0.480 e. The number of hydrogen-bond donors (Lipinski definition) is 3. The summed E-state index contributed by atoms with van der Waals surface area (Å²) in [5.74, 6) is -0.546. The van der Waals surface area contributed by atoms with Crippen LogP contribution in [0.1, 0.15) is 36.1 Å². The SMILES string of the molecule is CCn1ncnc1C(C)NC(=O)c1cccc(NCC(=O)O)c1. The number of carboxylic acids is 1. The molecule has 0 spiro atoms. The molecule has 1 atom stereocenters. The summed E-state index contributed by atoms with van der Waals surface area (Å²) >= 11 is 0. The van der Waals surface area contributed by atoms with E-state index in [9.17, 15) is 9.59 Å². The number of aliphatic carboxylic acids is 1. The number of nitrogens with zero attached hydrogens (tertiary/aromatic N) is 3. The number of carboxylic acid groups (broad SMARTS) is 1. The first-order valence-corrected chi connectivity index (χ1v) is 7.25. The third kappa shape index (κ3) is 4.29. The fourth-order valence-corrected chi connectivity index (χ4v) is 2.14. The van der Waals surface area contributed by atoms with Crippen LogP contribution >= 0.6 is 0 Å². The molecule has 0 saturated heterocycles. The van der Waals surface area contributed by atoms with Crippen molar-refractivity contribution in [3.8, 4) is 0 Å². The van der Waals surface area contributed by atoms with Crippen molar-refractivity contribution in [3.05, 3.63) is 42.0 Å². The summed E-state index contributed by atoms with van der Waals surface area (Å²) in [6.45, 7) is 4.25. The van der Waals surface area contributed by atoms with Gasteiger partial charge in [-0.15, -0.1) is 0 Å². The Balaban J connectivity index is 2.05. The van der Waals surface area contributed by atoms with Crippen molar-refractivity contribution in [1.29, 1.82) is 0 Å². The van der Waals surface area contributed by atoms with E-state index < -0.39 is 5.97 Å². The van der Waals surface area contributed by atoms with Crippen molar-refractivity contribution in [2.75, 3.05) is 11.9 Å². The number of hydrogen-bond acceptors (Lipinski definition) is 5. The van der Waals surface area contributed by atoms with Gasteiger partial charge in [0.15, 0.2) is 0 Å². The zero-order chi connectivity index (χ0) is 16.8. The number of nitrogens with one attached hydrogen (secondary N) is 2. The Morgan fingerprint density at radius 1 is 1.39 bits per heavy atom. The lowest BCUT2D eigenvalue weighted by Crippen LogP contribution is -2.29. The minimum absolute atomic E-state index is 0.207. The highest BCUT2D eigenvalue weighted by Gasteiger charge is 2.16. The van der Waals surface area contributed by atoms with Crippen molar-refractivity contribution in [2.45, 2.75) is 26.4 Å². The first-order valence-electron chi connectivity index (χ1n) is 7.25. The molecule has 0 aliphatic rings. The molecule has 0 fully saturated rings. The third-order valence-corrected chi connectivity index (χ3v) is 3.25. The van der Waals surface area contributed by atoms with Gasteiger partial charge in [-0.3, -0.25) is 9.59 Å². The largest absolute Gasteiger partial charge is 0.480 e. The number of amides is 1. The second-order valence-electron chi connectivity index (χ2n) is 4.96. The Bertz CT molecular complexity index is 698. The molecule has 1 heterocycles. The maximum atomic E-state index is 12.3. The van der Waals surface area contributed by atoms with Crippen LogP contribution in [-0.2, 0) is 11.3 Å². The van der Waals surface area contributed by atoms with Crippen LogP contribution in [0.4, 0.5) is 5.69 Å². The maximum absolute atomic E-state index is 12.3. The van der Waals surface area contributed by atoms with Gasteiger partial charge in [0.2, 0.25) is 0 Å². The Morgan fingerprint density at radius 3 is 2.87 bits per heavy atom. The standard InChI is InChI=1S/C15H19N5O3/c1-3-20-14(17-9-18-20)10(2)19-15(23)11-5-4-6-12(7-11)16-8-13(21)22/h4-7,9-10,16H,3,8H2,1-2H3,(H,19,23)(H,21,22). The number of rotatable bonds is 7. The molecule has 1 amide bonds. The van der Waals surface area contributed by atoms with Gasteiger partial charge in [-0.2, -0.15) is 5.10 Å². The van der Waals surface area contributed by atoms with Gasteiger partial charge in [-0.05, 0) is 32.0 Å². The van der Waals surface area contributed by atoms with Crippen LogP contribution < -0.4 is 10.6 Å². The lowest BCUT2D eigenvalue weighted by atomic mass is 10.1. The molecular weight excluding hydrogens is 298 g/mol. The van der Waals surface area contributed by atoms with Gasteiger partial charge < -0.3 is 15.7 Å². The first-order chi connectivity index (χ1) is 11.0. The predicted molar refractivity (Wildman–Crippen MR) is 84.1 cm³/mol. The van der Waals surface area contributed by atoms with Gasteiger partial charge in [0.1, 0.15) is 18.7 Å². The van der Waals surface area contributed by atoms with Crippen molar-refractivity contribution in [2.24, 2.45) is 0 Å². The first kappa shape index (κ1) is 16.5. The normalized spacial score (nSPS) is 11.7. The quantitative estimate of drug-likeness (QED) is 0.710. The monoisotopic (exact) mass is 317 g/mol. The smallest absolute Gasteiger partial charge is 0.322 e. The summed E-state index contributed by atoms with van der Waals surface area (Å²) in [4.78, 5) is 27.1. The Hall–Kier alpha value is -2.90. The molecule has 0 saturated carbocycles. The molecular formula is C15H19N5O3. The lowest BCUT2D eigenvalue weighted by Gasteiger charge is -2.14. The van der Waals surface area contributed by atoms with E-state index in [2.05, 4.69) is 20.7 Å². The number of carbonyl (C=O) groups is 2. The summed E-state index contributed by atoms with van der Waals surface area (Å²) in [7, 11) is 0. The fraction of sp³-hybridized carbons (Fsp3) is 0.333. The van der Waals surface area contributed by atoms with E-state index in [0.29, 0.717) is 23.6 Å². The number of aryl methyl sites for hydroxylation is 1. The Morgan fingerprint density at radius 2 is 2.17 bits per heavy atom. The van der Waals surface area contributed by atoms with Crippen LogP contribution in [-0.4, -0.2) is 38.3 Å². The van der Waals surface area contributed by atoms with Gasteiger partial charge in [-0.25, -0.2) is 9.67 Å². The summed E-state index contributed by atoms with van der Waals surface area (Å²) in [5, 5.41) is 18.3. The molecule has 1 unspecified atom stereocenters. The van der Waals surface area contributed by atoms with Crippen LogP contribution in [0, 0.1) is 0 Å². The van der Waals surface area contributed by atoms with Crippen molar-refractivity contribution in [1.82, 2.24) is 20.1 Å². The van der Waals surface area contributed by atoms with E-state index in [1.54, 1.807) is 28.9 Å². The molecule has 1 aromatic carbocycles. The van der Waals surface area contributed by atoms with E-state index >= 15 is 0 Å². The number of carbonyl (C=O) groups excluding carboxylic acids is 1. The topological polar surface area (TPSA) is 109 Å². The molecule has 3 N–H and O–H groups in total. The van der Waals surface area contributed by atoms with Crippen LogP contribution in [0.3, 0.4) is 0 Å². The van der Waals surface area contributed by atoms with Crippen LogP contribution in [0.2, 0.25) is 0 Å². The highest BCUT2D eigenvalue weighted by molar-refractivity contribution is 5.95. The van der Waals surface area contributed by atoms with Crippen molar-refractivity contribution < 1.29 is 14.7 Å². The fourth-order valence-electron chi connectivity index (χ4n) is 2.14. The number of benzene rings is 1. The molecule has 2 rings (SSSR count). The molecule has 0 radical (unpaired) electrons. The molecule has 0 aliphatic heterocycles. The van der Waals surface area contributed by atoms with Crippen molar-refractivity contribution >= 4 is 17.6 Å². The summed E-state index contributed by atoms with van der Waals surface area (Å²) in [5.41, 5.74) is 1.01. The van der Waals surface area contributed by atoms with Gasteiger partial charge >= 0.3 is 5.97 Å². The molecule has 122 valence electrons. The lowest BCUT2D eigenvalue weighted by molar-refractivity contribution is -0.134. The highest BCUT2D eigenvalue weighted by atomic mass is 16.4. The van der Waals surface area contributed by atoms with Crippen molar-refractivity contribution in [3.63, 3.8) is 0 Å². The Kier molecular flexibility index (Phi) is 5.29. The molecule has 2 aromatic rings. The second kappa shape index (κ2) is 7.39. The summed E-state index contributed by atoms with van der Waals surface area (Å²) in [6.07, 6.45) is 1.46. The van der Waals surface area contributed by atoms with E-state index in [0.717, 1.165) is 0 Å². The zero-order valence-corrected chi connectivity index (χ0v) is 13.0. The van der Waals surface area contributed by atoms with Crippen LogP contribution in [0.15, 0.2) is 30.6 Å². The van der Waals surface area contributed by atoms with Gasteiger partial charge in [-0.1, -0.05) is 6.07 Å². The van der Waals surface area contributed by atoms with E-state index in [4.69, 9.17) is 5.11 Å². The minimum atomic E-state index is -0.965. The van der Waals surface area contributed by atoms with E-state index in [-0.39, 0.29) is 18.5 Å². The molecule has 8 nitrogen and oxygen atoms in total. The molecule has 0 bridgehead atoms.